The summed E-state index contributed by atoms with van der Waals surface area (Å²) >= 11 is 6.24. The number of ether oxygens (including phenoxy) is 1. The second kappa shape index (κ2) is 12.3. The maximum Gasteiger partial charge on any atom is 0.168 e. The molecule has 2 aromatic rings. The molecule has 0 radical (unpaired) electrons. The van der Waals surface area contributed by atoms with Gasteiger partial charge in [0.05, 0.1) is 22.3 Å². The summed E-state index contributed by atoms with van der Waals surface area (Å²) in [4.78, 5) is 18.1. The molecular weight excluding hydrogens is 518 g/mol. The number of Topliss-reactive ketones (excluding diaryl/α,β-unsaturated/α-hetero) is 1. The van der Waals surface area contributed by atoms with E-state index in [1.807, 2.05) is 18.2 Å². The minimum atomic E-state index is -0.0692. The van der Waals surface area contributed by atoms with Gasteiger partial charge >= 0.3 is 0 Å². The molecular formula is C34H42ClN3O2. The van der Waals surface area contributed by atoms with E-state index in [0.717, 1.165) is 55.6 Å². The second-order valence-corrected chi connectivity index (χ2v) is 13.0. The first-order valence-electron chi connectivity index (χ1n) is 14.7. The lowest BCUT2D eigenvalue weighted by molar-refractivity contribution is -0.201. The zero-order valence-electron chi connectivity index (χ0n) is 24.7. The van der Waals surface area contributed by atoms with Crippen LogP contribution >= 0.6 is 11.6 Å². The number of benzene rings is 1. The predicted molar refractivity (Wildman–Crippen MR) is 160 cm³/mol. The largest absolute Gasteiger partial charge is 0.489 e. The summed E-state index contributed by atoms with van der Waals surface area (Å²) in [7, 11) is 0. The van der Waals surface area contributed by atoms with E-state index in [1.54, 1.807) is 12.1 Å². The maximum absolute atomic E-state index is 13.3. The number of hydrogen-bond donors (Lipinski definition) is 1. The number of carbonyl (C=O) groups excluding carboxylic acids is 1. The average molecular weight is 560 g/mol. The summed E-state index contributed by atoms with van der Waals surface area (Å²) in [5.41, 5.74) is 2.70. The van der Waals surface area contributed by atoms with Crippen molar-refractivity contribution in [2.75, 3.05) is 6.54 Å². The number of fused-ring (bicyclic) bond motifs is 1. The SMILES string of the molecule is CCCNC(C#Cc1ccc2c(n1)CC(CCC1C(C)(C)C(Oc3ccc(C#N)c(Cl)c3)C1(C)C)C2=O)CCC. The van der Waals surface area contributed by atoms with Crippen molar-refractivity contribution in [3.63, 3.8) is 0 Å². The molecule has 5 nitrogen and oxygen atoms in total. The molecule has 212 valence electrons. The Morgan fingerprint density at radius 2 is 1.88 bits per heavy atom. The Labute approximate surface area is 245 Å². The molecule has 0 amide bonds. The zero-order chi connectivity index (χ0) is 29.1. The van der Waals surface area contributed by atoms with Gasteiger partial charge in [-0.25, -0.2) is 4.98 Å². The van der Waals surface area contributed by atoms with E-state index in [1.165, 1.54) is 0 Å². The van der Waals surface area contributed by atoms with Crippen LogP contribution in [0.2, 0.25) is 5.02 Å². The van der Waals surface area contributed by atoms with Gasteiger partial charge in [-0.2, -0.15) is 5.26 Å². The number of aromatic nitrogens is 1. The van der Waals surface area contributed by atoms with Crippen molar-refractivity contribution in [1.29, 1.82) is 5.26 Å². The molecule has 4 rings (SSSR count). The van der Waals surface area contributed by atoms with Gasteiger partial charge in [0, 0.05) is 34.8 Å². The molecule has 1 fully saturated rings. The summed E-state index contributed by atoms with van der Waals surface area (Å²) < 4.78 is 6.44. The lowest BCUT2D eigenvalue weighted by Crippen LogP contribution is -2.65. The number of ketones is 1. The summed E-state index contributed by atoms with van der Waals surface area (Å²) in [6.07, 6.45) is 5.64. The van der Waals surface area contributed by atoms with Gasteiger partial charge in [0.2, 0.25) is 0 Å². The Morgan fingerprint density at radius 1 is 1.12 bits per heavy atom. The molecule has 2 unspecified atom stereocenters. The quantitative estimate of drug-likeness (QED) is 0.307. The van der Waals surface area contributed by atoms with Crippen LogP contribution in [0.3, 0.4) is 0 Å². The summed E-state index contributed by atoms with van der Waals surface area (Å²) in [5, 5.41) is 13.1. The van der Waals surface area contributed by atoms with E-state index in [0.29, 0.717) is 28.7 Å². The zero-order valence-corrected chi connectivity index (χ0v) is 25.5. The minimum Gasteiger partial charge on any atom is -0.489 e. The minimum absolute atomic E-state index is 0.00312. The van der Waals surface area contributed by atoms with Crippen molar-refractivity contribution in [2.45, 2.75) is 92.2 Å². The van der Waals surface area contributed by atoms with Gasteiger partial charge in [-0.1, -0.05) is 65.5 Å². The molecule has 1 N–H and O–H groups in total. The van der Waals surface area contributed by atoms with Crippen LogP contribution in [0.4, 0.5) is 0 Å². The number of nitrogens with one attached hydrogen (secondary N) is 1. The maximum atomic E-state index is 13.3. The van der Waals surface area contributed by atoms with Crippen LogP contribution in [0, 0.1) is 45.8 Å². The Bertz CT molecular complexity index is 1330. The van der Waals surface area contributed by atoms with Crippen molar-refractivity contribution in [1.82, 2.24) is 10.3 Å². The van der Waals surface area contributed by atoms with Crippen molar-refractivity contribution < 1.29 is 9.53 Å². The molecule has 1 aromatic heterocycles. The van der Waals surface area contributed by atoms with Gasteiger partial charge in [-0.3, -0.25) is 4.79 Å². The van der Waals surface area contributed by atoms with Crippen molar-refractivity contribution >= 4 is 17.4 Å². The molecule has 1 aromatic carbocycles. The van der Waals surface area contributed by atoms with Crippen LogP contribution in [0.1, 0.15) is 101 Å². The fraction of sp³-hybridized carbons (Fsp3) is 0.559. The molecule has 0 saturated heterocycles. The van der Waals surface area contributed by atoms with Crippen LogP contribution in [0.5, 0.6) is 5.75 Å². The molecule has 0 spiro atoms. The standard InChI is InChI=1S/C34H42ClN3O2/c1-7-9-24(37-18-8-2)12-13-25-14-16-27-29(38-25)19-22(31(27)39)11-17-30-33(3,4)32(34(30,5)6)40-26-15-10-23(21-36)28(35)20-26/h10,14-16,20,22,24,30,32,37H,7-9,11,17-19H2,1-6H3. The molecule has 1 heterocycles. The summed E-state index contributed by atoms with van der Waals surface area (Å²) in [5.74, 6) is 7.86. The molecule has 2 aliphatic carbocycles. The first-order valence-corrected chi connectivity index (χ1v) is 15.1. The predicted octanol–water partition coefficient (Wildman–Crippen LogP) is 7.39. The summed E-state index contributed by atoms with van der Waals surface area (Å²) in [6.45, 7) is 14.3. The molecule has 6 heteroatoms. The number of pyridine rings is 1. The molecule has 1 saturated carbocycles. The van der Waals surface area contributed by atoms with Gasteiger partial charge < -0.3 is 10.1 Å². The highest BCUT2D eigenvalue weighted by Crippen LogP contribution is 2.62. The first kappa shape index (κ1) is 30.1. The topological polar surface area (TPSA) is 75.0 Å². The third kappa shape index (κ3) is 6.07. The van der Waals surface area contributed by atoms with Crippen molar-refractivity contribution in [2.24, 2.45) is 22.7 Å². The molecule has 2 aliphatic rings. The van der Waals surface area contributed by atoms with Gasteiger partial charge in [-0.05, 0) is 68.3 Å². The Morgan fingerprint density at radius 3 is 2.52 bits per heavy atom. The van der Waals surface area contributed by atoms with E-state index in [2.05, 4.69) is 64.8 Å². The molecule has 2 atom stereocenters. The first-order chi connectivity index (χ1) is 19.0. The number of hydrogen-bond acceptors (Lipinski definition) is 5. The van der Waals surface area contributed by atoms with Crippen LogP contribution in [-0.4, -0.2) is 29.5 Å². The van der Waals surface area contributed by atoms with Crippen molar-refractivity contribution in [3.8, 4) is 23.7 Å². The van der Waals surface area contributed by atoms with Crippen LogP contribution in [-0.2, 0) is 6.42 Å². The highest BCUT2D eigenvalue weighted by atomic mass is 35.5. The monoisotopic (exact) mass is 559 g/mol. The highest BCUT2D eigenvalue weighted by Gasteiger charge is 2.62. The van der Waals surface area contributed by atoms with E-state index in [9.17, 15) is 4.79 Å². The average Bonchev–Trinajstić information content (AvgIpc) is 3.23. The van der Waals surface area contributed by atoms with E-state index >= 15 is 0 Å². The van der Waals surface area contributed by atoms with Crippen LogP contribution in [0.25, 0.3) is 0 Å². The molecule has 0 bridgehead atoms. The Hall–Kier alpha value is -2.86. The van der Waals surface area contributed by atoms with Crippen molar-refractivity contribution in [3.05, 3.63) is 57.9 Å². The summed E-state index contributed by atoms with van der Waals surface area (Å²) in [6, 6.07) is 11.3. The Kier molecular flexibility index (Phi) is 9.29. The number of nitrogens with zero attached hydrogens (tertiary/aromatic N) is 2. The van der Waals surface area contributed by atoms with Gasteiger partial charge in [0.25, 0.3) is 0 Å². The Balaban J connectivity index is 1.39. The lowest BCUT2D eigenvalue weighted by Gasteiger charge is -2.63. The fourth-order valence-corrected chi connectivity index (χ4v) is 7.33. The second-order valence-electron chi connectivity index (χ2n) is 12.5. The fourth-order valence-electron chi connectivity index (χ4n) is 7.12. The number of rotatable bonds is 10. The number of nitriles is 1. The van der Waals surface area contributed by atoms with Crippen LogP contribution in [0.15, 0.2) is 30.3 Å². The van der Waals surface area contributed by atoms with E-state index < -0.39 is 0 Å². The molecule has 40 heavy (non-hydrogen) atoms. The van der Waals surface area contributed by atoms with E-state index in [4.69, 9.17) is 26.6 Å². The smallest absolute Gasteiger partial charge is 0.168 e. The molecule has 0 aliphatic heterocycles. The van der Waals surface area contributed by atoms with Gasteiger partial charge in [0.15, 0.2) is 5.78 Å². The normalized spacial score (nSPS) is 22.9. The lowest BCUT2D eigenvalue weighted by atomic mass is 9.44. The van der Waals surface area contributed by atoms with E-state index in [-0.39, 0.29) is 34.7 Å². The van der Waals surface area contributed by atoms with Gasteiger partial charge in [0.1, 0.15) is 23.6 Å². The highest BCUT2D eigenvalue weighted by molar-refractivity contribution is 6.31. The third-order valence-corrected chi connectivity index (χ3v) is 9.22. The number of carbonyl (C=O) groups is 1. The van der Waals surface area contributed by atoms with Crippen LogP contribution < -0.4 is 10.1 Å². The number of halogens is 1. The third-order valence-electron chi connectivity index (χ3n) is 8.91. The van der Waals surface area contributed by atoms with Gasteiger partial charge in [-0.15, -0.1) is 0 Å².